The van der Waals surface area contributed by atoms with Crippen LogP contribution in [0.15, 0.2) is 41.3 Å². The van der Waals surface area contributed by atoms with E-state index in [0.717, 1.165) is 11.1 Å². The second kappa shape index (κ2) is 3.49. The lowest BCUT2D eigenvalue weighted by Crippen LogP contribution is -2.01. The monoisotopic (exact) mass is 203 g/mol. The molecule has 1 aromatic heterocycles. The maximum Gasteiger partial charge on any atom is 0.247 e. The first kappa shape index (κ1) is 9.33. The van der Waals surface area contributed by atoms with Crippen LogP contribution < -0.4 is 5.56 Å². The summed E-state index contributed by atoms with van der Waals surface area (Å²) in [5.41, 5.74) is 1.31. The van der Waals surface area contributed by atoms with Crippen LogP contribution in [0.4, 0.5) is 0 Å². The number of hydrogen-bond donors (Lipinski definition) is 3. The van der Waals surface area contributed by atoms with Crippen LogP contribution >= 0.6 is 0 Å². The molecule has 1 aromatic carbocycles. The van der Waals surface area contributed by atoms with Crippen molar-refractivity contribution >= 4 is 0 Å². The van der Waals surface area contributed by atoms with Crippen LogP contribution in [0.1, 0.15) is 0 Å². The van der Waals surface area contributed by atoms with E-state index in [4.69, 9.17) is 5.11 Å². The second-order valence-electron chi connectivity index (χ2n) is 3.15. The summed E-state index contributed by atoms with van der Waals surface area (Å²) in [7, 11) is 0. The Morgan fingerprint density at radius 2 is 1.67 bits per heavy atom. The summed E-state index contributed by atoms with van der Waals surface area (Å²) >= 11 is 0. The molecule has 0 saturated carbocycles. The van der Waals surface area contributed by atoms with Gasteiger partial charge in [-0.05, 0) is 29.3 Å². The summed E-state index contributed by atoms with van der Waals surface area (Å²) in [6, 6.07) is 7.53. The number of aromatic nitrogens is 1. The number of rotatable bonds is 1. The van der Waals surface area contributed by atoms with Gasteiger partial charge in [-0.25, -0.2) is 0 Å². The smallest absolute Gasteiger partial charge is 0.247 e. The first-order valence-corrected chi connectivity index (χ1v) is 4.38. The molecule has 0 aliphatic rings. The summed E-state index contributed by atoms with van der Waals surface area (Å²) in [4.78, 5) is 13.4. The zero-order chi connectivity index (χ0) is 10.8. The fourth-order valence-electron chi connectivity index (χ4n) is 1.29. The third-order valence-corrected chi connectivity index (χ3v) is 2.09. The van der Waals surface area contributed by atoms with Crippen molar-refractivity contribution in [1.82, 2.24) is 4.98 Å². The van der Waals surface area contributed by atoms with Crippen molar-refractivity contribution in [3.8, 4) is 22.6 Å². The molecule has 0 fully saturated rings. The van der Waals surface area contributed by atoms with Gasteiger partial charge in [-0.15, -0.1) is 0 Å². The van der Waals surface area contributed by atoms with Crippen LogP contribution in [0.2, 0.25) is 0 Å². The number of pyridine rings is 1. The van der Waals surface area contributed by atoms with Crippen molar-refractivity contribution in [3.63, 3.8) is 0 Å². The van der Waals surface area contributed by atoms with Crippen molar-refractivity contribution in [1.29, 1.82) is 0 Å². The van der Waals surface area contributed by atoms with E-state index in [0.29, 0.717) is 0 Å². The molecule has 0 bridgehead atoms. The highest BCUT2D eigenvalue weighted by Gasteiger charge is 2.02. The highest BCUT2D eigenvalue weighted by Crippen LogP contribution is 2.29. The van der Waals surface area contributed by atoms with Gasteiger partial charge in [-0.2, -0.15) is 0 Å². The van der Waals surface area contributed by atoms with Gasteiger partial charge in [0.15, 0.2) is 11.5 Å². The fourth-order valence-corrected chi connectivity index (χ4v) is 1.29. The Kier molecular flexibility index (Phi) is 2.17. The number of phenols is 2. The molecule has 3 N–H and O–H groups in total. The van der Waals surface area contributed by atoms with E-state index in [1.54, 1.807) is 18.3 Å². The van der Waals surface area contributed by atoms with Gasteiger partial charge in [0.25, 0.3) is 0 Å². The molecule has 2 aromatic rings. The van der Waals surface area contributed by atoms with Crippen LogP contribution in [0, 0.1) is 0 Å². The molecule has 2 rings (SSSR count). The van der Waals surface area contributed by atoms with E-state index in [-0.39, 0.29) is 17.1 Å². The normalized spacial score (nSPS) is 10.1. The number of nitrogens with one attached hydrogen (secondary N) is 1. The lowest BCUT2D eigenvalue weighted by atomic mass is 10.1. The van der Waals surface area contributed by atoms with E-state index in [9.17, 15) is 9.90 Å². The summed E-state index contributed by atoms with van der Waals surface area (Å²) < 4.78 is 0. The lowest BCUT2D eigenvalue weighted by molar-refractivity contribution is 0.404. The molecule has 0 spiro atoms. The zero-order valence-corrected chi connectivity index (χ0v) is 7.77. The molecule has 0 saturated heterocycles. The molecular weight excluding hydrogens is 194 g/mol. The predicted octanol–water partition coefficient (Wildman–Crippen LogP) is 1.45. The van der Waals surface area contributed by atoms with E-state index < -0.39 is 0 Å². The highest BCUT2D eigenvalue weighted by molar-refractivity contribution is 5.65. The Balaban J connectivity index is 2.50. The largest absolute Gasteiger partial charge is 0.504 e. The Labute approximate surface area is 85.5 Å². The molecule has 0 unspecified atom stereocenters. The van der Waals surface area contributed by atoms with Crippen molar-refractivity contribution in [3.05, 3.63) is 46.9 Å². The maximum atomic E-state index is 10.8. The van der Waals surface area contributed by atoms with E-state index >= 15 is 0 Å². The molecule has 15 heavy (non-hydrogen) atoms. The van der Waals surface area contributed by atoms with Crippen molar-refractivity contribution in [2.45, 2.75) is 0 Å². The van der Waals surface area contributed by atoms with Gasteiger partial charge in [0.05, 0.1) is 0 Å². The number of benzene rings is 1. The quantitative estimate of drug-likeness (QED) is 0.614. The minimum absolute atomic E-state index is 0.164. The Morgan fingerprint density at radius 1 is 0.933 bits per heavy atom. The molecule has 4 heteroatoms. The van der Waals surface area contributed by atoms with Crippen molar-refractivity contribution in [2.75, 3.05) is 0 Å². The van der Waals surface area contributed by atoms with Gasteiger partial charge < -0.3 is 15.2 Å². The number of hydrogen-bond acceptors (Lipinski definition) is 3. The Hall–Kier alpha value is -2.23. The topological polar surface area (TPSA) is 73.3 Å². The second-order valence-corrected chi connectivity index (χ2v) is 3.15. The fraction of sp³-hybridized carbons (Fsp3) is 0. The van der Waals surface area contributed by atoms with Crippen molar-refractivity contribution < 1.29 is 10.2 Å². The Bertz CT molecular complexity index is 525. The number of phenolic OH excluding ortho intramolecular Hbond substituents is 2. The SMILES string of the molecule is O=c1ccc(-c2ccc(O)c(O)c2)c[nH]1. The van der Waals surface area contributed by atoms with E-state index in [2.05, 4.69) is 4.98 Å². The van der Waals surface area contributed by atoms with Crippen LogP contribution in [0.3, 0.4) is 0 Å². The van der Waals surface area contributed by atoms with Crippen LogP contribution in [0.5, 0.6) is 11.5 Å². The van der Waals surface area contributed by atoms with Gasteiger partial charge in [-0.1, -0.05) is 6.07 Å². The average Bonchev–Trinajstić information content (AvgIpc) is 2.23. The van der Waals surface area contributed by atoms with Gasteiger partial charge in [0.1, 0.15) is 0 Å². The van der Waals surface area contributed by atoms with Gasteiger partial charge in [0, 0.05) is 12.3 Å². The van der Waals surface area contributed by atoms with Crippen LogP contribution in [0.25, 0.3) is 11.1 Å². The number of aromatic amines is 1. The lowest BCUT2D eigenvalue weighted by Gasteiger charge is -2.02. The molecule has 0 atom stereocenters. The summed E-state index contributed by atoms with van der Waals surface area (Å²) in [5, 5.41) is 18.4. The minimum Gasteiger partial charge on any atom is -0.504 e. The average molecular weight is 203 g/mol. The third kappa shape index (κ3) is 1.83. The molecule has 1 heterocycles. The molecule has 0 radical (unpaired) electrons. The summed E-state index contributed by atoms with van der Waals surface area (Å²) in [5.74, 6) is -0.345. The van der Waals surface area contributed by atoms with Crippen LogP contribution in [-0.2, 0) is 0 Å². The highest BCUT2D eigenvalue weighted by atomic mass is 16.3. The number of H-pyrrole nitrogens is 1. The van der Waals surface area contributed by atoms with Gasteiger partial charge in [0.2, 0.25) is 5.56 Å². The molecule has 76 valence electrons. The standard InChI is InChI=1S/C11H9NO3/c13-9-3-1-7(5-10(9)14)8-2-4-11(15)12-6-8/h1-6,13-14H,(H,12,15). The predicted molar refractivity (Wildman–Crippen MR) is 55.8 cm³/mol. The van der Waals surface area contributed by atoms with Gasteiger partial charge in [-0.3, -0.25) is 4.79 Å². The third-order valence-electron chi connectivity index (χ3n) is 2.09. The summed E-state index contributed by atoms with van der Waals surface area (Å²) in [6.07, 6.45) is 1.55. The molecule has 4 nitrogen and oxygen atoms in total. The first-order chi connectivity index (χ1) is 7.16. The van der Waals surface area contributed by atoms with E-state index in [1.165, 1.54) is 18.2 Å². The Morgan fingerprint density at radius 3 is 2.27 bits per heavy atom. The van der Waals surface area contributed by atoms with Crippen LogP contribution in [-0.4, -0.2) is 15.2 Å². The van der Waals surface area contributed by atoms with Gasteiger partial charge >= 0.3 is 0 Å². The van der Waals surface area contributed by atoms with E-state index in [1.807, 2.05) is 0 Å². The van der Waals surface area contributed by atoms with Crippen molar-refractivity contribution in [2.24, 2.45) is 0 Å². The molecule has 0 amide bonds. The molecular formula is C11H9NO3. The first-order valence-electron chi connectivity index (χ1n) is 4.38. The molecule has 0 aliphatic carbocycles. The maximum absolute atomic E-state index is 10.8. The minimum atomic E-state index is -0.182. The summed E-state index contributed by atoms with van der Waals surface area (Å²) in [6.45, 7) is 0. The number of aromatic hydroxyl groups is 2. The molecule has 0 aliphatic heterocycles. The zero-order valence-electron chi connectivity index (χ0n) is 7.77.